The monoisotopic (exact) mass is 417 g/mol. The van der Waals surface area contributed by atoms with Crippen LogP contribution in [0.2, 0.25) is 0 Å². The van der Waals surface area contributed by atoms with Gasteiger partial charge in [-0.2, -0.15) is 5.10 Å². The van der Waals surface area contributed by atoms with E-state index in [0.717, 1.165) is 0 Å². The van der Waals surface area contributed by atoms with E-state index < -0.39 is 22.4 Å². The Balaban J connectivity index is 2.39. The third-order valence-corrected chi connectivity index (χ3v) is 5.31. The van der Waals surface area contributed by atoms with E-state index in [0.29, 0.717) is 16.8 Å². The molecule has 0 bridgehead atoms. The summed E-state index contributed by atoms with van der Waals surface area (Å²) < 4.78 is 45.0. The van der Waals surface area contributed by atoms with Crippen LogP contribution in [0.15, 0.2) is 53.4 Å². The Morgan fingerprint density at radius 2 is 2.00 bits per heavy atom. The fraction of sp³-hybridized carbons (Fsp3) is 0.150. The molecule has 2 aromatic carbocycles. The molecule has 0 aliphatic rings. The molecule has 0 atom stereocenters. The van der Waals surface area contributed by atoms with Crippen molar-refractivity contribution in [3.63, 3.8) is 0 Å². The number of ether oxygens (including phenoxy) is 1. The number of methoxy groups -OCH3 is 1. The number of halogens is 1. The standard InChI is InChI=1S/C20H20FN3O4S/c1-3-10-24-16(12-25)19(13-8-9-17(28-2)15(21)11-13)20(23-24)14-6-4-5-7-18(14)29(22,26)27/h3-11,25H,12H2,1-2H3,(H2,22,26,27). The third-order valence-electron chi connectivity index (χ3n) is 4.34. The zero-order valence-corrected chi connectivity index (χ0v) is 16.6. The lowest BCUT2D eigenvalue weighted by Gasteiger charge is -2.10. The van der Waals surface area contributed by atoms with Crippen molar-refractivity contribution in [1.82, 2.24) is 9.78 Å². The molecule has 0 unspecified atom stereocenters. The number of nitrogens with two attached hydrogens (primary N) is 1. The maximum absolute atomic E-state index is 14.4. The van der Waals surface area contributed by atoms with E-state index in [1.807, 2.05) is 0 Å². The Hall–Kier alpha value is -3.01. The average Bonchev–Trinajstić information content (AvgIpc) is 3.05. The highest BCUT2D eigenvalue weighted by atomic mass is 32.2. The first kappa shape index (κ1) is 20.7. The molecule has 1 aromatic heterocycles. The van der Waals surface area contributed by atoms with Crippen LogP contribution in [0.3, 0.4) is 0 Å². The predicted molar refractivity (Wildman–Crippen MR) is 108 cm³/mol. The Labute approximate surface area is 167 Å². The molecule has 7 nitrogen and oxygen atoms in total. The first-order chi connectivity index (χ1) is 13.8. The molecule has 0 spiro atoms. The summed E-state index contributed by atoms with van der Waals surface area (Å²) in [5.41, 5.74) is 1.66. The molecule has 0 fully saturated rings. The molecule has 152 valence electrons. The fourth-order valence-corrected chi connectivity index (χ4v) is 3.85. The number of aromatic nitrogens is 2. The lowest BCUT2D eigenvalue weighted by atomic mass is 9.98. The van der Waals surface area contributed by atoms with E-state index >= 15 is 0 Å². The van der Waals surface area contributed by atoms with Gasteiger partial charge in [0.15, 0.2) is 11.6 Å². The van der Waals surface area contributed by atoms with E-state index in [1.165, 1.54) is 30.0 Å². The molecule has 0 saturated carbocycles. The lowest BCUT2D eigenvalue weighted by Crippen LogP contribution is -2.13. The molecule has 29 heavy (non-hydrogen) atoms. The maximum atomic E-state index is 14.4. The normalized spacial score (nSPS) is 11.9. The number of benzene rings is 2. The number of aliphatic hydroxyl groups excluding tert-OH is 1. The number of hydrogen-bond acceptors (Lipinski definition) is 5. The predicted octanol–water partition coefficient (Wildman–Crippen LogP) is 3.00. The second-order valence-corrected chi connectivity index (χ2v) is 7.68. The van der Waals surface area contributed by atoms with Crippen LogP contribution in [0.4, 0.5) is 4.39 Å². The van der Waals surface area contributed by atoms with E-state index in [1.54, 1.807) is 43.5 Å². The highest BCUT2D eigenvalue weighted by Gasteiger charge is 2.24. The van der Waals surface area contributed by atoms with Gasteiger partial charge < -0.3 is 9.84 Å². The molecular weight excluding hydrogens is 397 g/mol. The molecule has 3 N–H and O–H groups in total. The van der Waals surface area contributed by atoms with Crippen LogP contribution >= 0.6 is 0 Å². The van der Waals surface area contributed by atoms with Gasteiger partial charge in [0.2, 0.25) is 10.0 Å². The molecule has 1 heterocycles. The number of aliphatic hydroxyl groups is 1. The summed E-state index contributed by atoms with van der Waals surface area (Å²) >= 11 is 0. The second kappa shape index (κ2) is 8.16. The fourth-order valence-electron chi connectivity index (χ4n) is 3.11. The van der Waals surface area contributed by atoms with E-state index in [2.05, 4.69) is 5.10 Å². The Kier molecular flexibility index (Phi) is 5.83. The van der Waals surface area contributed by atoms with Crippen LogP contribution < -0.4 is 9.88 Å². The molecular formula is C20H20FN3O4S. The number of sulfonamides is 1. The van der Waals surface area contributed by atoms with Gasteiger partial charge >= 0.3 is 0 Å². The number of nitrogens with zero attached hydrogens (tertiary/aromatic N) is 2. The summed E-state index contributed by atoms with van der Waals surface area (Å²) in [6.45, 7) is 1.37. The van der Waals surface area contributed by atoms with Crippen molar-refractivity contribution in [3.8, 4) is 28.1 Å². The van der Waals surface area contributed by atoms with Crippen LogP contribution in [0.1, 0.15) is 12.6 Å². The SMILES string of the molecule is CC=Cn1nc(-c2ccccc2S(N)(=O)=O)c(-c2ccc(OC)c(F)c2)c1CO. The van der Waals surface area contributed by atoms with Gasteiger partial charge in [0, 0.05) is 17.3 Å². The molecule has 3 rings (SSSR count). The summed E-state index contributed by atoms with van der Waals surface area (Å²) in [6, 6.07) is 10.4. The molecule has 0 aliphatic carbocycles. The summed E-state index contributed by atoms with van der Waals surface area (Å²) in [4.78, 5) is -0.121. The molecule has 9 heteroatoms. The number of allylic oxidation sites excluding steroid dienone is 1. The van der Waals surface area contributed by atoms with Crippen LogP contribution in [0, 0.1) is 5.82 Å². The zero-order chi connectivity index (χ0) is 21.2. The van der Waals surface area contributed by atoms with Gasteiger partial charge in [0.25, 0.3) is 0 Å². The van der Waals surface area contributed by atoms with Crippen molar-refractivity contribution in [3.05, 3.63) is 60.1 Å². The van der Waals surface area contributed by atoms with E-state index in [9.17, 15) is 17.9 Å². The van der Waals surface area contributed by atoms with Crippen LogP contribution in [0.25, 0.3) is 28.6 Å². The van der Waals surface area contributed by atoms with Gasteiger partial charge in [-0.15, -0.1) is 0 Å². The van der Waals surface area contributed by atoms with Gasteiger partial charge in [-0.05, 0) is 30.7 Å². The number of hydrogen-bond donors (Lipinski definition) is 2. The summed E-state index contributed by atoms with van der Waals surface area (Å²) in [7, 11) is -2.69. The summed E-state index contributed by atoms with van der Waals surface area (Å²) in [6.07, 6.45) is 3.32. The lowest BCUT2D eigenvalue weighted by molar-refractivity contribution is 0.274. The topological polar surface area (TPSA) is 107 Å². The Bertz CT molecular complexity index is 1190. The molecule has 0 aliphatic heterocycles. The van der Waals surface area contributed by atoms with E-state index in [-0.39, 0.29) is 21.9 Å². The zero-order valence-electron chi connectivity index (χ0n) is 15.8. The Morgan fingerprint density at radius 1 is 1.28 bits per heavy atom. The smallest absolute Gasteiger partial charge is 0.238 e. The van der Waals surface area contributed by atoms with Crippen molar-refractivity contribution >= 4 is 16.2 Å². The third kappa shape index (κ3) is 3.93. The molecule has 3 aromatic rings. The van der Waals surface area contributed by atoms with Gasteiger partial charge in [0.1, 0.15) is 5.69 Å². The van der Waals surface area contributed by atoms with E-state index in [4.69, 9.17) is 9.88 Å². The van der Waals surface area contributed by atoms with Crippen molar-refractivity contribution in [1.29, 1.82) is 0 Å². The van der Waals surface area contributed by atoms with Crippen molar-refractivity contribution in [2.24, 2.45) is 5.14 Å². The first-order valence-electron chi connectivity index (χ1n) is 8.63. The number of rotatable bonds is 6. The first-order valence-corrected chi connectivity index (χ1v) is 10.2. The van der Waals surface area contributed by atoms with Crippen LogP contribution in [-0.4, -0.2) is 30.4 Å². The van der Waals surface area contributed by atoms with Crippen molar-refractivity contribution in [2.45, 2.75) is 18.4 Å². The van der Waals surface area contributed by atoms with Gasteiger partial charge in [-0.25, -0.2) is 22.6 Å². The van der Waals surface area contributed by atoms with Crippen LogP contribution in [0.5, 0.6) is 5.75 Å². The largest absolute Gasteiger partial charge is 0.494 e. The Morgan fingerprint density at radius 3 is 2.59 bits per heavy atom. The number of primary sulfonamides is 1. The maximum Gasteiger partial charge on any atom is 0.238 e. The quantitative estimate of drug-likeness (QED) is 0.641. The minimum atomic E-state index is -4.05. The van der Waals surface area contributed by atoms with Gasteiger partial charge in [-0.1, -0.05) is 30.3 Å². The highest BCUT2D eigenvalue weighted by Crippen LogP contribution is 2.38. The summed E-state index contributed by atoms with van der Waals surface area (Å²) in [5.74, 6) is -0.537. The minimum absolute atomic E-state index is 0.0617. The van der Waals surface area contributed by atoms with Gasteiger partial charge in [-0.3, -0.25) is 0 Å². The second-order valence-electron chi connectivity index (χ2n) is 6.15. The molecule has 0 radical (unpaired) electrons. The van der Waals surface area contributed by atoms with Crippen LogP contribution in [-0.2, 0) is 16.6 Å². The minimum Gasteiger partial charge on any atom is -0.494 e. The van der Waals surface area contributed by atoms with Crippen molar-refractivity contribution in [2.75, 3.05) is 7.11 Å². The average molecular weight is 417 g/mol. The summed E-state index contributed by atoms with van der Waals surface area (Å²) in [5, 5.41) is 19.8. The highest BCUT2D eigenvalue weighted by molar-refractivity contribution is 7.89. The molecule has 0 amide bonds. The molecule has 0 saturated heterocycles. The van der Waals surface area contributed by atoms with Crippen molar-refractivity contribution < 1.29 is 22.7 Å². The van der Waals surface area contributed by atoms with Gasteiger partial charge in [0.05, 0.1) is 24.3 Å².